The number of fused-ring (bicyclic) bond motifs is 1. The molecule has 0 spiro atoms. The topological polar surface area (TPSA) is 59.0 Å². The van der Waals surface area contributed by atoms with Crippen molar-refractivity contribution in [2.45, 2.75) is 19.4 Å². The number of ether oxygens (including phenoxy) is 2. The first kappa shape index (κ1) is 13.2. The van der Waals surface area contributed by atoms with Crippen molar-refractivity contribution in [1.82, 2.24) is 0 Å². The zero-order chi connectivity index (χ0) is 14.1. The molecule has 3 rings (SSSR count). The number of hydrogen-bond donors (Lipinski definition) is 1. The zero-order valence-corrected chi connectivity index (χ0v) is 11.5. The van der Waals surface area contributed by atoms with Crippen LogP contribution >= 0.6 is 0 Å². The molecule has 0 bridgehead atoms. The van der Waals surface area contributed by atoms with Crippen LogP contribution in [0.25, 0.3) is 0 Å². The van der Waals surface area contributed by atoms with E-state index in [1.54, 1.807) is 12.1 Å². The molecule has 1 aromatic carbocycles. The van der Waals surface area contributed by atoms with E-state index < -0.39 is 5.97 Å². The van der Waals surface area contributed by atoms with E-state index in [-0.39, 0.29) is 5.56 Å². The maximum absolute atomic E-state index is 11.3. The lowest BCUT2D eigenvalue weighted by Gasteiger charge is -2.38. The first-order valence-corrected chi connectivity index (χ1v) is 7.02. The average Bonchev–Trinajstić information content (AvgIpc) is 2.99. The molecule has 2 aliphatic rings. The van der Waals surface area contributed by atoms with Crippen LogP contribution in [0.5, 0.6) is 5.75 Å². The highest BCUT2D eigenvalue weighted by molar-refractivity contribution is 5.93. The third-order valence-corrected chi connectivity index (χ3v) is 4.25. The Hall–Kier alpha value is -1.75. The Kier molecular flexibility index (Phi) is 3.53. The second-order valence-corrected chi connectivity index (χ2v) is 5.37. The van der Waals surface area contributed by atoms with Crippen LogP contribution in [0, 0.1) is 5.92 Å². The second-order valence-electron chi connectivity index (χ2n) is 5.37. The van der Waals surface area contributed by atoms with Gasteiger partial charge >= 0.3 is 5.97 Å². The van der Waals surface area contributed by atoms with Crippen LogP contribution in [0.4, 0.5) is 5.69 Å². The Morgan fingerprint density at radius 2 is 2.30 bits per heavy atom. The molecular weight excluding hydrogens is 258 g/mol. The summed E-state index contributed by atoms with van der Waals surface area (Å²) in [6.45, 7) is 5.10. The Labute approximate surface area is 118 Å². The average molecular weight is 277 g/mol. The van der Waals surface area contributed by atoms with Gasteiger partial charge in [-0.05, 0) is 25.5 Å². The summed E-state index contributed by atoms with van der Waals surface area (Å²) >= 11 is 0. The molecule has 0 radical (unpaired) electrons. The van der Waals surface area contributed by atoms with E-state index >= 15 is 0 Å². The number of aromatic carboxylic acids is 1. The zero-order valence-electron chi connectivity index (χ0n) is 11.5. The fourth-order valence-corrected chi connectivity index (χ4v) is 3.05. The van der Waals surface area contributed by atoms with Crippen LogP contribution in [-0.4, -0.2) is 43.5 Å². The van der Waals surface area contributed by atoms with Crippen LogP contribution in [0.3, 0.4) is 0 Å². The normalized spacial score (nSPS) is 23.1. The van der Waals surface area contributed by atoms with E-state index in [0.29, 0.717) is 24.3 Å². The van der Waals surface area contributed by atoms with Gasteiger partial charge < -0.3 is 19.5 Å². The highest BCUT2D eigenvalue weighted by Crippen LogP contribution is 2.37. The van der Waals surface area contributed by atoms with Crippen molar-refractivity contribution in [2.75, 3.05) is 31.3 Å². The SMILES string of the molecule is CC(C1CCOC1)N1CCOc2c(C(=O)O)cccc21. The molecule has 1 N–H and O–H groups in total. The Morgan fingerprint density at radius 1 is 1.45 bits per heavy atom. The molecule has 0 aliphatic carbocycles. The van der Waals surface area contributed by atoms with Crippen molar-refractivity contribution in [1.29, 1.82) is 0 Å². The van der Waals surface area contributed by atoms with Gasteiger partial charge in [-0.1, -0.05) is 6.07 Å². The minimum atomic E-state index is -0.944. The molecule has 2 atom stereocenters. The number of carboxylic acids is 1. The molecule has 2 unspecified atom stereocenters. The van der Waals surface area contributed by atoms with Crippen LogP contribution in [0.1, 0.15) is 23.7 Å². The first-order chi connectivity index (χ1) is 9.68. The molecule has 1 aromatic rings. The van der Waals surface area contributed by atoms with Crippen molar-refractivity contribution < 1.29 is 19.4 Å². The maximum Gasteiger partial charge on any atom is 0.339 e. The number of nitrogens with zero attached hydrogens (tertiary/aromatic N) is 1. The number of hydrogen-bond acceptors (Lipinski definition) is 4. The van der Waals surface area contributed by atoms with E-state index in [2.05, 4.69) is 11.8 Å². The van der Waals surface area contributed by atoms with Gasteiger partial charge in [0.25, 0.3) is 0 Å². The molecular formula is C15H19NO4. The lowest BCUT2D eigenvalue weighted by molar-refractivity contribution is 0.0691. The molecule has 2 heterocycles. The van der Waals surface area contributed by atoms with Crippen molar-refractivity contribution in [3.05, 3.63) is 23.8 Å². The van der Waals surface area contributed by atoms with Crippen molar-refractivity contribution in [3.8, 4) is 5.75 Å². The van der Waals surface area contributed by atoms with E-state index in [1.165, 1.54) is 0 Å². The molecule has 2 aliphatic heterocycles. The summed E-state index contributed by atoms with van der Waals surface area (Å²) in [7, 11) is 0. The van der Waals surface area contributed by atoms with Gasteiger partial charge in [0.05, 0.1) is 18.8 Å². The summed E-state index contributed by atoms with van der Waals surface area (Å²) in [6, 6.07) is 5.63. The summed E-state index contributed by atoms with van der Waals surface area (Å²) in [5.41, 5.74) is 1.12. The molecule has 0 saturated carbocycles. The van der Waals surface area contributed by atoms with E-state index in [1.807, 2.05) is 6.07 Å². The summed E-state index contributed by atoms with van der Waals surface area (Å²) in [5, 5.41) is 9.26. The van der Waals surface area contributed by atoms with Crippen LogP contribution in [-0.2, 0) is 4.74 Å². The fraction of sp³-hybridized carbons (Fsp3) is 0.533. The van der Waals surface area contributed by atoms with Gasteiger partial charge in [0.1, 0.15) is 12.2 Å². The fourth-order valence-electron chi connectivity index (χ4n) is 3.05. The number of para-hydroxylation sites is 1. The van der Waals surface area contributed by atoms with Crippen molar-refractivity contribution >= 4 is 11.7 Å². The highest BCUT2D eigenvalue weighted by atomic mass is 16.5. The third kappa shape index (κ3) is 2.22. The summed E-state index contributed by atoms with van der Waals surface area (Å²) in [6.07, 6.45) is 1.06. The van der Waals surface area contributed by atoms with Gasteiger partial charge in [-0.15, -0.1) is 0 Å². The van der Waals surface area contributed by atoms with Crippen LogP contribution in [0.15, 0.2) is 18.2 Å². The molecule has 5 heteroatoms. The molecule has 5 nitrogen and oxygen atoms in total. The smallest absolute Gasteiger partial charge is 0.339 e. The number of rotatable bonds is 3. The number of anilines is 1. The number of carboxylic acid groups (broad SMARTS) is 1. The van der Waals surface area contributed by atoms with Gasteiger partial charge in [0.15, 0.2) is 5.75 Å². The lowest BCUT2D eigenvalue weighted by Crippen LogP contribution is -2.44. The van der Waals surface area contributed by atoms with Gasteiger partial charge in [0.2, 0.25) is 0 Å². The van der Waals surface area contributed by atoms with Gasteiger partial charge in [0, 0.05) is 18.6 Å². The number of benzene rings is 1. The van der Waals surface area contributed by atoms with Gasteiger partial charge in [-0.3, -0.25) is 0 Å². The molecule has 1 fully saturated rings. The summed E-state index contributed by atoms with van der Waals surface area (Å²) in [5.74, 6) is 0.0482. The van der Waals surface area contributed by atoms with Crippen molar-refractivity contribution in [3.63, 3.8) is 0 Å². The van der Waals surface area contributed by atoms with Crippen LogP contribution in [0.2, 0.25) is 0 Å². The van der Waals surface area contributed by atoms with E-state index in [9.17, 15) is 9.90 Å². The monoisotopic (exact) mass is 277 g/mol. The first-order valence-electron chi connectivity index (χ1n) is 7.02. The summed E-state index contributed by atoms with van der Waals surface area (Å²) in [4.78, 5) is 13.5. The summed E-state index contributed by atoms with van der Waals surface area (Å²) < 4.78 is 11.1. The second kappa shape index (κ2) is 5.32. The maximum atomic E-state index is 11.3. The van der Waals surface area contributed by atoms with Gasteiger partial charge in [-0.2, -0.15) is 0 Å². The minimum absolute atomic E-state index is 0.238. The Morgan fingerprint density at radius 3 is 3.00 bits per heavy atom. The van der Waals surface area contributed by atoms with E-state index in [4.69, 9.17) is 9.47 Å². The van der Waals surface area contributed by atoms with Crippen molar-refractivity contribution in [2.24, 2.45) is 5.92 Å². The largest absolute Gasteiger partial charge is 0.489 e. The highest BCUT2D eigenvalue weighted by Gasteiger charge is 2.32. The third-order valence-electron chi connectivity index (χ3n) is 4.25. The minimum Gasteiger partial charge on any atom is -0.489 e. The van der Waals surface area contributed by atoms with E-state index in [0.717, 1.165) is 31.9 Å². The molecule has 108 valence electrons. The molecule has 20 heavy (non-hydrogen) atoms. The van der Waals surface area contributed by atoms with Crippen LogP contribution < -0.4 is 9.64 Å². The predicted octanol–water partition coefficient (Wildman–Crippen LogP) is 2.01. The molecule has 0 aromatic heterocycles. The molecule has 0 amide bonds. The Bertz CT molecular complexity index is 511. The predicted molar refractivity (Wildman–Crippen MR) is 74.6 cm³/mol. The lowest BCUT2D eigenvalue weighted by atomic mass is 9.97. The Balaban J connectivity index is 1.93. The quantitative estimate of drug-likeness (QED) is 0.916. The number of carbonyl (C=O) groups is 1. The van der Waals surface area contributed by atoms with Gasteiger partial charge in [-0.25, -0.2) is 4.79 Å². The standard InChI is InChI=1S/C15H19NO4/c1-10(11-5-7-19-9-11)16-6-8-20-14-12(15(17)18)3-2-4-13(14)16/h2-4,10-11H,5-9H2,1H3,(H,17,18). The molecule has 1 saturated heterocycles.